The van der Waals surface area contributed by atoms with Crippen LogP contribution in [0.4, 0.5) is 5.69 Å². The van der Waals surface area contributed by atoms with Crippen molar-refractivity contribution in [3.63, 3.8) is 0 Å². The summed E-state index contributed by atoms with van der Waals surface area (Å²) in [4.78, 5) is 29.0. The number of benzene rings is 1. The first-order valence-corrected chi connectivity index (χ1v) is 7.34. The molecule has 0 aliphatic carbocycles. The molecule has 3 rings (SSSR count). The van der Waals surface area contributed by atoms with E-state index in [1.165, 1.54) is 21.9 Å². The van der Waals surface area contributed by atoms with Crippen LogP contribution in [-0.2, 0) is 0 Å². The summed E-state index contributed by atoms with van der Waals surface area (Å²) < 4.78 is 1.35. The van der Waals surface area contributed by atoms with Gasteiger partial charge in [0.15, 0.2) is 4.96 Å². The second-order valence-electron chi connectivity index (χ2n) is 4.45. The third-order valence-electron chi connectivity index (χ3n) is 3.02. The third-order valence-corrected chi connectivity index (χ3v) is 4.20. The monoisotopic (exact) mass is 319 g/mol. The molecule has 0 fully saturated rings. The van der Waals surface area contributed by atoms with Gasteiger partial charge >= 0.3 is 0 Å². The van der Waals surface area contributed by atoms with E-state index in [2.05, 4.69) is 10.3 Å². The maximum absolute atomic E-state index is 12.2. The molecule has 1 amide bonds. The summed E-state index contributed by atoms with van der Waals surface area (Å²) in [5, 5.41) is 4.94. The molecule has 0 aliphatic heterocycles. The summed E-state index contributed by atoms with van der Waals surface area (Å²) in [5.74, 6) is -0.506. The van der Waals surface area contributed by atoms with E-state index in [9.17, 15) is 9.59 Å². The number of carbonyl (C=O) groups excluding carboxylic acids is 1. The van der Waals surface area contributed by atoms with Gasteiger partial charge in [-0.15, -0.1) is 11.3 Å². The Balaban J connectivity index is 1.95. The number of carbonyl (C=O) groups is 1. The molecule has 0 spiro atoms. The minimum absolute atomic E-state index is 0.0115. The molecule has 0 atom stereocenters. The first-order valence-electron chi connectivity index (χ1n) is 6.08. The van der Waals surface area contributed by atoms with Crippen molar-refractivity contribution in [1.29, 1.82) is 0 Å². The Kier molecular flexibility index (Phi) is 3.48. The molecule has 5 nitrogen and oxygen atoms in total. The predicted octanol–water partition coefficient (Wildman–Crippen LogP) is 2.97. The first kappa shape index (κ1) is 13.8. The fraction of sp³-hybridized carbons (Fsp3) is 0.0714. The summed E-state index contributed by atoms with van der Waals surface area (Å²) in [6, 6.07) is 5.17. The molecular formula is C14H10ClN3O2S. The number of aromatic nitrogens is 2. The van der Waals surface area contributed by atoms with E-state index >= 15 is 0 Å². The van der Waals surface area contributed by atoms with Gasteiger partial charge in [-0.25, -0.2) is 4.98 Å². The van der Waals surface area contributed by atoms with Crippen molar-refractivity contribution >= 4 is 39.5 Å². The molecule has 3 aromatic rings. The highest BCUT2D eigenvalue weighted by Crippen LogP contribution is 2.20. The van der Waals surface area contributed by atoms with Gasteiger partial charge in [-0.2, -0.15) is 0 Å². The van der Waals surface area contributed by atoms with Crippen molar-refractivity contribution in [3.05, 3.63) is 62.5 Å². The molecule has 2 heterocycles. The van der Waals surface area contributed by atoms with Crippen molar-refractivity contribution in [2.45, 2.75) is 6.92 Å². The first-order chi connectivity index (χ1) is 10.1. The van der Waals surface area contributed by atoms with E-state index in [0.717, 1.165) is 5.56 Å². The Bertz CT molecular complexity index is 901. The van der Waals surface area contributed by atoms with E-state index < -0.39 is 11.5 Å². The van der Waals surface area contributed by atoms with Gasteiger partial charge < -0.3 is 5.32 Å². The second-order valence-corrected chi connectivity index (χ2v) is 5.73. The topological polar surface area (TPSA) is 63.5 Å². The highest BCUT2D eigenvalue weighted by atomic mass is 35.5. The fourth-order valence-electron chi connectivity index (χ4n) is 1.85. The second kappa shape index (κ2) is 5.31. The van der Waals surface area contributed by atoms with E-state index in [-0.39, 0.29) is 5.56 Å². The molecule has 21 heavy (non-hydrogen) atoms. The molecule has 2 aromatic heterocycles. The Hall–Kier alpha value is -2.18. The zero-order valence-corrected chi connectivity index (χ0v) is 12.5. The van der Waals surface area contributed by atoms with Gasteiger partial charge in [0, 0.05) is 28.5 Å². The SMILES string of the molecule is Cc1ccc(NC(=O)c2cnc3sccn3c2=O)cc1Cl. The van der Waals surface area contributed by atoms with Crippen molar-refractivity contribution < 1.29 is 4.79 Å². The van der Waals surface area contributed by atoms with Crippen molar-refractivity contribution in [1.82, 2.24) is 9.38 Å². The number of amides is 1. The van der Waals surface area contributed by atoms with Gasteiger partial charge in [-0.1, -0.05) is 17.7 Å². The maximum atomic E-state index is 12.2. The molecule has 0 bridgehead atoms. The molecule has 0 unspecified atom stereocenters. The minimum atomic E-state index is -0.506. The Morgan fingerprint density at radius 2 is 2.24 bits per heavy atom. The summed E-state index contributed by atoms with van der Waals surface area (Å²) in [5.41, 5.74) is 1.04. The van der Waals surface area contributed by atoms with Gasteiger partial charge in [0.05, 0.1) is 0 Å². The number of aryl methyl sites for hydroxylation is 1. The lowest BCUT2D eigenvalue weighted by Crippen LogP contribution is -2.25. The quantitative estimate of drug-likeness (QED) is 0.790. The standard InChI is InChI=1S/C14H10ClN3O2S/c1-8-2-3-9(6-11(8)15)17-12(19)10-7-16-14-18(13(10)20)4-5-21-14/h2-7H,1H3,(H,17,19). The number of nitrogens with zero attached hydrogens (tertiary/aromatic N) is 2. The normalized spacial score (nSPS) is 10.8. The lowest BCUT2D eigenvalue weighted by Gasteiger charge is -2.06. The van der Waals surface area contributed by atoms with Crippen molar-refractivity contribution in [2.75, 3.05) is 5.32 Å². The number of halogens is 1. The average Bonchev–Trinajstić information content (AvgIpc) is 2.92. The number of fused-ring (bicyclic) bond motifs is 1. The third kappa shape index (κ3) is 2.55. The molecule has 0 radical (unpaired) electrons. The van der Waals surface area contributed by atoms with Gasteiger partial charge in [0.1, 0.15) is 5.56 Å². The van der Waals surface area contributed by atoms with Crippen LogP contribution in [0.2, 0.25) is 5.02 Å². The molecule has 106 valence electrons. The molecule has 1 aromatic carbocycles. The highest BCUT2D eigenvalue weighted by molar-refractivity contribution is 7.15. The molecular weight excluding hydrogens is 310 g/mol. The molecule has 0 saturated heterocycles. The number of thiazole rings is 1. The van der Waals surface area contributed by atoms with E-state index in [0.29, 0.717) is 15.7 Å². The van der Waals surface area contributed by atoms with Crippen LogP contribution in [0.5, 0.6) is 0 Å². The van der Waals surface area contributed by atoms with Gasteiger partial charge in [-0.05, 0) is 24.6 Å². The van der Waals surface area contributed by atoms with Crippen LogP contribution in [-0.4, -0.2) is 15.3 Å². The highest BCUT2D eigenvalue weighted by Gasteiger charge is 2.14. The van der Waals surface area contributed by atoms with Crippen LogP contribution in [0.25, 0.3) is 4.96 Å². The van der Waals surface area contributed by atoms with Crippen molar-refractivity contribution in [3.8, 4) is 0 Å². The zero-order chi connectivity index (χ0) is 15.0. The van der Waals surface area contributed by atoms with E-state index in [4.69, 9.17) is 11.6 Å². The molecule has 0 aliphatic rings. The van der Waals surface area contributed by atoms with Gasteiger partial charge in [-0.3, -0.25) is 14.0 Å². The fourth-order valence-corrected chi connectivity index (χ4v) is 2.71. The molecule has 0 saturated carbocycles. The molecule has 1 N–H and O–H groups in total. The smallest absolute Gasteiger partial charge is 0.271 e. The van der Waals surface area contributed by atoms with E-state index in [1.807, 2.05) is 6.92 Å². The van der Waals surface area contributed by atoms with E-state index in [1.54, 1.807) is 29.8 Å². The Morgan fingerprint density at radius 3 is 3.00 bits per heavy atom. The van der Waals surface area contributed by atoms with Crippen molar-refractivity contribution in [2.24, 2.45) is 0 Å². The van der Waals surface area contributed by atoms with Crippen LogP contribution >= 0.6 is 22.9 Å². The Labute approximate surface area is 128 Å². The van der Waals surface area contributed by atoms with Gasteiger partial charge in [0.25, 0.3) is 11.5 Å². The lowest BCUT2D eigenvalue weighted by molar-refractivity contribution is 0.102. The maximum Gasteiger partial charge on any atom is 0.271 e. The number of hydrogen-bond donors (Lipinski definition) is 1. The predicted molar refractivity (Wildman–Crippen MR) is 83.5 cm³/mol. The van der Waals surface area contributed by atoms with Crippen LogP contribution in [0.15, 0.2) is 40.8 Å². The number of rotatable bonds is 2. The van der Waals surface area contributed by atoms with Crippen LogP contribution in [0.1, 0.15) is 15.9 Å². The average molecular weight is 320 g/mol. The largest absolute Gasteiger partial charge is 0.322 e. The number of hydrogen-bond acceptors (Lipinski definition) is 4. The number of nitrogens with one attached hydrogen (secondary N) is 1. The van der Waals surface area contributed by atoms with Crippen LogP contribution in [0, 0.1) is 6.92 Å². The summed E-state index contributed by atoms with van der Waals surface area (Å²) in [7, 11) is 0. The number of anilines is 1. The summed E-state index contributed by atoms with van der Waals surface area (Å²) >= 11 is 7.34. The van der Waals surface area contributed by atoms with Crippen LogP contribution < -0.4 is 10.9 Å². The van der Waals surface area contributed by atoms with Gasteiger partial charge in [0.2, 0.25) is 0 Å². The van der Waals surface area contributed by atoms with Crippen LogP contribution in [0.3, 0.4) is 0 Å². The Morgan fingerprint density at radius 1 is 1.43 bits per heavy atom. The lowest BCUT2D eigenvalue weighted by atomic mass is 10.2. The summed E-state index contributed by atoms with van der Waals surface area (Å²) in [6.07, 6.45) is 2.88. The zero-order valence-electron chi connectivity index (χ0n) is 11.0. The minimum Gasteiger partial charge on any atom is -0.322 e. The molecule has 7 heteroatoms. The summed E-state index contributed by atoms with van der Waals surface area (Å²) in [6.45, 7) is 1.87.